The van der Waals surface area contributed by atoms with Crippen LogP contribution < -0.4 is 0 Å². The standard InChI is InChI=1S/C15H17NO4S/c1-8-6-10(4-5-12(8)17)13(18)16-11(15(19)20)7-21-14(16)9-2-3-9/h4-6,9,11,14,17H,2-3,7H2,1H3,(H,19,20). The highest BCUT2D eigenvalue weighted by molar-refractivity contribution is 8.00. The van der Waals surface area contributed by atoms with Gasteiger partial charge in [0.15, 0.2) is 0 Å². The van der Waals surface area contributed by atoms with Crippen molar-refractivity contribution in [1.29, 1.82) is 0 Å². The Labute approximate surface area is 126 Å². The minimum absolute atomic E-state index is 0.0345. The third-order valence-corrected chi connectivity index (χ3v) is 5.49. The SMILES string of the molecule is Cc1cc(C(=O)N2C(C(=O)O)CSC2C2CC2)ccc1O. The number of benzene rings is 1. The molecule has 1 aromatic rings. The number of carbonyl (C=O) groups excluding carboxylic acids is 1. The van der Waals surface area contributed by atoms with E-state index in [1.54, 1.807) is 30.8 Å². The van der Waals surface area contributed by atoms with E-state index in [-0.39, 0.29) is 17.0 Å². The lowest BCUT2D eigenvalue weighted by Gasteiger charge is -2.27. The van der Waals surface area contributed by atoms with E-state index in [0.29, 0.717) is 22.8 Å². The highest BCUT2D eigenvalue weighted by atomic mass is 32.2. The monoisotopic (exact) mass is 307 g/mol. The number of carbonyl (C=O) groups is 2. The van der Waals surface area contributed by atoms with Crippen molar-refractivity contribution in [3.8, 4) is 5.75 Å². The number of phenols is 1. The summed E-state index contributed by atoms with van der Waals surface area (Å²) < 4.78 is 0. The van der Waals surface area contributed by atoms with Crippen LogP contribution in [0.4, 0.5) is 0 Å². The number of hydrogen-bond acceptors (Lipinski definition) is 4. The van der Waals surface area contributed by atoms with E-state index >= 15 is 0 Å². The quantitative estimate of drug-likeness (QED) is 0.894. The van der Waals surface area contributed by atoms with Crippen molar-refractivity contribution in [2.24, 2.45) is 5.92 Å². The summed E-state index contributed by atoms with van der Waals surface area (Å²) in [5.41, 5.74) is 1.05. The molecule has 1 aliphatic heterocycles. The van der Waals surface area contributed by atoms with E-state index in [9.17, 15) is 19.8 Å². The molecule has 2 unspecified atom stereocenters. The number of carboxylic acid groups (broad SMARTS) is 1. The second-order valence-corrected chi connectivity index (χ2v) is 6.78. The third kappa shape index (κ3) is 2.60. The summed E-state index contributed by atoms with van der Waals surface area (Å²) in [6.07, 6.45) is 2.12. The summed E-state index contributed by atoms with van der Waals surface area (Å²) in [6, 6.07) is 3.88. The molecule has 1 amide bonds. The zero-order valence-electron chi connectivity index (χ0n) is 11.7. The summed E-state index contributed by atoms with van der Waals surface area (Å²) in [6.45, 7) is 1.72. The molecule has 0 spiro atoms. The van der Waals surface area contributed by atoms with Gasteiger partial charge in [-0.15, -0.1) is 11.8 Å². The van der Waals surface area contributed by atoms with Gasteiger partial charge in [0.2, 0.25) is 0 Å². The average molecular weight is 307 g/mol. The molecule has 1 saturated heterocycles. The van der Waals surface area contributed by atoms with Crippen LogP contribution in [-0.4, -0.2) is 44.2 Å². The fourth-order valence-corrected chi connectivity index (χ4v) is 4.29. The van der Waals surface area contributed by atoms with Crippen LogP contribution in [0.2, 0.25) is 0 Å². The summed E-state index contributed by atoms with van der Waals surface area (Å²) in [4.78, 5) is 25.7. The van der Waals surface area contributed by atoms with E-state index in [1.165, 1.54) is 11.0 Å². The van der Waals surface area contributed by atoms with Crippen LogP contribution in [0.3, 0.4) is 0 Å². The first-order valence-electron chi connectivity index (χ1n) is 6.95. The maximum Gasteiger partial charge on any atom is 0.327 e. The number of aryl methyl sites for hydroxylation is 1. The van der Waals surface area contributed by atoms with Gasteiger partial charge in [-0.25, -0.2) is 4.79 Å². The number of thioether (sulfide) groups is 1. The summed E-state index contributed by atoms with van der Waals surface area (Å²) in [5, 5.41) is 18.9. The highest BCUT2D eigenvalue weighted by Crippen LogP contribution is 2.46. The van der Waals surface area contributed by atoms with Gasteiger partial charge < -0.3 is 15.1 Å². The first-order valence-corrected chi connectivity index (χ1v) is 8.00. The lowest BCUT2D eigenvalue weighted by Crippen LogP contribution is -2.46. The number of carboxylic acids is 1. The molecule has 1 heterocycles. The molecule has 0 radical (unpaired) electrons. The first-order chi connectivity index (χ1) is 9.99. The van der Waals surface area contributed by atoms with E-state index in [1.807, 2.05) is 0 Å². The Balaban J connectivity index is 1.91. The number of hydrogen-bond donors (Lipinski definition) is 2. The molecule has 2 N–H and O–H groups in total. The van der Waals surface area contributed by atoms with Gasteiger partial charge in [-0.05, 0) is 49.4 Å². The number of aromatic hydroxyl groups is 1. The summed E-state index contributed by atoms with van der Waals surface area (Å²) >= 11 is 1.56. The van der Waals surface area contributed by atoms with Crippen LogP contribution in [0.25, 0.3) is 0 Å². The molecule has 2 aliphatic rings. The zero-order chi connectivity index (χ0) is 15.1. The third-order valence-electron chi connectivity index (χ3n) is 4.02. The van der Waals surface area contributed by atoms with Crippen molar-refractivity contribution < 1.29 is 19.8 Å². The van der Waals surface area contributed by atoms with Gasteiger partial charge in [-0.2, -0.15) is 0 Å². The maximum atomic E-state index is 12.7. The minimum atomic E-state index is -0.950. The molecule has 2 fully saturated rings. The maximum absolute atomic E-state index is 12.7. The van der Waals surface area contributed by atoms with Crippen molar-refractivity contribution in [2.45, 2.75) is 31.2 Å². The number of amides is 1. The normalized spacial score (nSPS) is 25.1. The van der Waals surface area contributed by atoms with Crippen LogP contribution in [0.1, 0.15) is 28.8 Å². The predicted molar refractivity (Wildman–Crippen MR) is 79.4 cm³/mol. The molecule has 2 atom stereocenters. The summed E-state index contributed by atoms with van der Waals surface area (Å²) in [5.74, 6) is -0.210. The average Bonchev–Trinajstić information content (AvgIpc) is 3.19. The Morgan fingerprint density at radius 3 is 2.62 bits per heavy atom. The molecule has 21 heavy (non-hydrogen) atoms. The topological polar surface area (TPSA) is 77.8 Å². The number of rotatable bonds is 3. The molecule has 1 saturated carbocycles. The Kier molecular flexibility index (Phi) is 3.57. The molecule has 1 aromatic carbocycles. The van der Waals surface area contributed by atoms with Crippen LogP contribution in [0.15, 0.2) is 18.2 Å². The lowest BCUT2D eigenvalue weighted by atomic mass is 10.1. The second kappa shape index (κ2) is 5.26. The Morgan fingerprint density at radius 2 is 2.05 bits per heavy atom. The van der Waals surface area contributed by atoms with E-state index in [4.69, 9.17) is 0 Å². The van der Waals surface area contributed by atoms with Gasteiger partial charge in [0, 0.05) is 11.3 Å². The van der Waals surface area contributed by atoms with Crippen LogP contribution in [0, 0.1) is 12.8 Å². The van der Waals surface area contributed by atoms with Crippen LogP contribution in [-0.2, 0) is 4.79 Å². The van der Waals surface area contributed by atoms with Gasteiger partial charge in [-0.1, -0.05) is 0 Å². The number of nitrogens with zero attached hydrogens (tertiary/aromatic N) is 1. The number of phenolic OH excluding ortho intramolecular Hbond substituents is 1. The van der Waals surface area contributed by atoms with Crippen LogP contribution >= 0.6 is 11.8 Å². The minimum Gasteiger partial charge on any atom is -0.508 e. The molecule has 5 nitrogen and oxygen atoms in total. The Hall–Kier alpha value is -1.69. The van der Waals surface area contributed by atoms with Gasteiger partial charge >= 0.3 is 5.97 Å². The lowest BCUT2D eigenvalue weighted by molar-refractivity contribution is -0.141. The number of aliphatic carboxylic acids is 1. The van der Waals surface area contributed by atoms with E-state index in [2.05, 4.69) is 0 Å². The van der Waals surface area contributed by atoms with Gasteiger partial charge in [-0.3, -0.25) is 4.79 Å². The molecule has 0 aromatic heterocycles. The Bertz CT molecular complexity index is 599. The molecular weight excluding hydrogens is 290 g/mol. The fraction of sp³-hybridized carbons (Fsp3) is 0.467. The first kappa shape index (κ1) is 14.3. The van der Waals surface area contributed by atoms with Crippen molar-refractivity contribution >= 4 is 23.6 Å². The van der Waals surface area contributed by atoms with Crippen molar-refractivity contribution in [2.75, 3.05) is 5.75 Å². The molecule has 6 heteroatoms. The van der Waals surface area contributed by atoms with E-state index < -0.39 is 12.0 Å². The zero-order valence-corrected chi connectivity index (χ0v) is 12.5. The summed E-state index contributed by atoms with van der Waals surface area (Å²) in [7, 11) is 0. The van der Waals surface area contributed by atoms with Crippen LogP contribution in [0.5, 0.6) is 5.75 Å². The van der Waals surface area contributed by atoms with Crippen molar-refractivity contribution in [3.05, 3.63) is 29.3 Å². The van der Waals surface area contributed by atoms with Gasteiger partial charge in [0.25, 0.3) is 5.91 Å². The highest BCUT2D eigenvalue weighted by Gasteiger charge is 2.48. The fourth-order valence-electron chi connectivity index (χ4n) is 2.66. The molecular formula is C15H17NO4S. The van der Waals surface area contributed by atoms with Gasteiger partial charge in [0.1, 0.15) is 11.8 Å². The Morgan fingerprint density at radius 1 is 1.33 bits per heavy atom. The molecule has 1 aliphatic carbocycles. The largest absolute Gasteiger partial charge is 0.508 e. The predicted octanol–water partition coefficient (Wildman–Crippen LogP) is 2.08. The molecule has 112 valence electrons. The van der Waals surface area contributed by atoms with Crippen molar-refractivity contribution in [3.63, 3.8) is 0 Å². The smallest absolute Gasteiger partial charge is 0.327 e. The van der Waals surface area contributed by atoms with Crippen molar-refractivity contribution in [1.82, 2.24) is 4.90 Å². The van der Waals surface area contributed by atoms with E-state index in [0.717, 1.165) is 12.8 Å². The second-order valence-electron chi connectivity index (χ2n) is 5.63. The molecule has 3 rings (SSSR count). The molecule has 0 bridgehead atoms. The van der Waals surface area contributed by atoms with Gasteiger partial charge in [0.05, 0.1) is 5.37 Å².